The van der Waals surface area contributed by atoms with Gasteiger partial charge in [-0.1, -0.05) is 72.9 Å². The number of aliphatic hydroxyl groups is 1. The lowest BCUT2D eigenvalue weighted by atomic mass is 9.92. The predicted octanol–water partition coefficient (Wildman–Crippen LogP) is 10.5. The zero-order valence-electron chi connectivity index (χ0n) is 39.0. The second-order valence-corrected chi connectivity index (χ2v) is 17.5. The molecule has 6 aromatic rings. The van der Waals surface area contributed by atoms with Gasteiger partial charge in [-0.25, -0.2) is 0 Å². The molecule has 0 fully saturated rings. The van der Waals surface area contributed by atoms with Crippen molar-refractivity contribution in [1.29, 1.82) is 10.5 Å². The second-order valence-electron chi connectivity index (χ2n) is 16.6. The minimum Gasteiger partial charge on any atom is -0.488 e. The summed E-state index contributed by atoms with van der Waals surface area (Å²) in [4.78, 5) is 32.0. The summed E-state index contributed by atoms with van der Waals surface area (Å²) < 4.78 is 25.2. The molecule has 0 saturated heterocycles. The lowest BCUT2D eigenvalue weighted by molar-refractivity contribution is -0.142. The van der Waals surface area contributed by atoms with Gasteiger partial charge in [0.2, 0.25) is 0 Å². The van der Waals surface area contributed by atoms with Gasteiger partial charge in [-0.15, -0.1) is 0 Å². The number of rotatable bonds is 25. The summed E-state index contributed by atoms with van der Waals surface area (Å²) >= 11 is 13.7. The fourth-order valence-electron chi connectivity index (χ4n) is 7.84. The quantitative estimate of drug-likeness (QED) is 0.0420. The average molecular weight is 987 g/mol. The number of carbonyl (C=O) groups is 2. The number of aryl methyl sites for hydroxylation is 1. The van der Waals surface area contributed by atoms with Crippen molar-refractivity contribution in [3.63, 3.8) is 0 Å². The third-order valence-electron chi connectivity index (χ3n) is 11.8. The summed E-state index contributed by atoms with van der Waals surface area (Å²) in [5.41, 5.74) is 9.17. The number of halogens is 2. The van der Waals surface area contributed by atoms with E-state index in [0.717, 1.165) is 33.4 Å². The van der Waals surface area contributed by atoms with Gasteiger partial charge in [0.25, 0.3) is 0 Å². The molecule has 0 aliphatic rings. The molecule has 0 saturated carbocycles. The molecule has 70 heavy (non-hydrogen) atoms. The van der Waals surface area contributed by atoms with Gasteiger partial charge >= 0.3 is 11.9 Å². The van der Waals surface area contributed by atoms with Crippen LogP contribution in [0.15, 0.2) is 97.6 Å². The number of carboxylic acid groups (broad SMARTS) is 2. The van der Waals surface area contributed by atoms with Crippen LogP contribution < -0.4 is 24.3 Å². The SMILES string of the molecule is CCC[C@@H](NCc1cc(Cl)c(OCc2cccc(-c3cccc(COc4cc(OCc5cncc(C#N)c5)c(CC[C@H](CCO)C(=O)O)cc4Cl)c3C)c2C)cc1OCc1cncc(C#N)c1)C(=O)O. The Bertz CT molecular complexity index is 2710. The van der Waals surface area contributed by atoms with Crippen LogP contribution in [-0.2, 0) is 49.0 Å². The average Bonchev–Trinajstić information content (AvgIpc) is 3.35. The summed E-state index contributed by atoms with van der Waals surface area (Å²) in [7, 11) is 0. The topological polar surface area (TPSA) is 217 Å². The standard InChI is InChI=1S/C54H53Cl2N5O9/c1-4-7-48(54(65)66)61-28-43-19-47(56)52(21-50(43)68-30-38-17-36(23-58)25-60-27-38)70-32-42-9-6-11-45(34(42)3)44-10-5-8-41(33(44)2)31-69-51-20-49(67-29-37-16-35(22-57)24-59-26-37)40(18-46(51)55)13-12-39(14-15-62)53(63)64/h5-6,8-11,16-21,24-27,39,48,61-62H,4,7,12-15,28-32H2,1-3H3,(H,63,64)(H,65,66)/t39-,48-/m1/s1. The number of pyridine rings is 2. The van der Waals surface area contributed by atoms with Gasteiger partial charge < -0.3 is 39.6 Å². The molecule has 0 spiro atoms. The van der Waals surface area contributed by atoms with E-state index in [4.69, 9.17) is 42.1 Å². The molecule has 16 heteroatoms. The number of ether oxygens (including phenoxy) is 4. The van der Waals surface area contributed by atoms with Crippen LogP contribution in [0.3, 0.4) is 0 Å². The number of nitrogens with one attached hydrogen (secondary N) is 1. The molecule has 362 valence electrons. The maximum absolute atomic E-state index is 11.9. The number of aliphatic hydroxyl groups excluding tert-OH is 1. The van der Waals surface area contributed by atoms with Crippen molar-refractivity contribution in [2.75, 3.05) is 6.61 Å². The van der Waals surface area contributed by atoms with E-state index in [9.17, 15) is 35.4 Å². The molecule has 0 radical (unpaired) electrons. The third kappa shape index (κ3) is 14.0. The Balaban J connectivity index is 1.21. The fourth-order valence-corrected chi connectivity index (χ4v) is 8.32. The number of hydrogen-bond acceptors (Lipinski definition) is 12. The van der Waals surface area contributed by atoms with Gasteiger partial charge in [0, 0.05) is 66.8 Å². The van der Waals surface area contributed by atoms with Crippen LogP contribution in [-0.4, -0.2) is 49.9 Å². The molecule has 6 rings (SSSR count). The minimum atomic E-state index is -0.996. The molecule has 0 aliphatic heterocycles. The number of nitriles is 2. The maximum Gasteiger partial charge on any atom is 0.320 e. The van der Waals surface area contributed by atoms with Crippen LogP contribution in [0, 0.1) is 42.4 Å². The molecule has 2 aromatic heterocycles. The van der Waals surface area contributed by atoms with E-state index in [1.54, 1.807) is 48.8 Å². The first-order valence-electron chi connectivity index (χ1n) is 22.6. The van der Waals surface area contributed by atoms with Crippen LogP contribution in [0.1, 0.15) is 88.2 Å². The van der Waals surface area contributed by atoms with Crippen LogP contribution in [0.25, 0.3) is 11.1 Å². The molecule has 2 atom stereocenters. The van der Waals surface area contributed by atoms with Crippen molar-refractivity contribution in [3.8, 4) is 46.3 Å². The molecule has 2 heterocycles. The van der Waals surface area contributed by atoms with E-state index in [1.807, 2.05) is 57.2 Å². The smallest absolute Gasteiger partial charge is 0.320 e. The van der Waals surface area contributed by atoms with E-state index >= 15 is 0 Å². The number of benzene rings is 4. The van der Waals surface area contributed by atoms with Crippen LogP contribution in [0.2, 0.25) is 10.0 Å². The van der Waals surface area contributed by atoms with Crippen molar-refractivity contribution < 1.29 is 43.9 Å². The van der Waals surface area contributed by atoms with Crippen molar-refractivity contribution in [2.24, 2.45) is 5.92 Å². The van der Waals surface area contributed by atoms with Crippen LogP contribution >= 0.6 is 23.2 Å². The highest BCUT2D eigenvalue weighted by atomic mass is 35.5. The van der Waals surface area contributed by atoms with E-state index in [2.05, 4.69) is 27.4 Å². The van der Waals surface area contributed by atoms with Gasteiger partial charge in [0.1, 0.15) is 67.6 Å². The first kappa shape index (κ1) is 52.2. The summed E-state index contributed by atoms with van der Waals surface area (Å²) in [5, 5.41) is 51.4. The van der Waals surface area contributed by atoms with Crippen LogP contribution in [0.5, 0.6) is 23.0 Å². The van der Waals surface area contributed by atoms with Gasteiger partial charge in [0.05, 0.1) is 27.1 Å². The van der Waals surface area contributed by atoms with Gasteiger partial charge in [-0.05, 0) is 103 Å². The largest absolute Gasteiger partial charge is 0.488 e. The Morgan fingerprint density at radius 1 is 0.643 bits per heavy atom. The van der Waals surface area contributed by atoms with Crippen molar-refractivity contribution >= 4 is 35.1 Å². The number of aromatic nitrogens is 2. The van der Waals surface area contributed by atoms with Crippen molar-refractivity contribution in [3.05, 3.63) is 163 Å². The lowest BCUT2D eigenvalue weighted by Gasteiger charge is -2.19. The Hall–Kier alpha value is -7.20. The number of carboxylic acids is 2. The zero-order valence-corrected chi connectivity index (χ0v) is 40.5. The van der Waals surface area contributed by atoms with E-state index < -0.39 is 23.9 Å². The number of hydrogen-bond donors (Lipinski definition) is 4. The third-order valence-corrected chi connectivity index (χ3v) is 12.4. The van der Waals surface area contributed by atoms with Crippen molar-refractivity contribution in [1.82, 2.24) is 15.3 Å². The lowest BCUT2D eigenvalue weighted by Crippen LogP contribution is -2.36. The Labute approximate surface area is 417 Å². The van der Waals surface area contributed by atoms with Crippen molar-refractivity contribution in [2.45, 2.75) is 91.9 Å². The monoisotopic (exact) mass is 985 g/mol. The molecular formula is C54H53Cl2N5O9. The molecular weight excluding hydrogens is 934 g/mol. The first-order valence-corrected chi connectivity index (χ1v) is 23.4. The first-order chi connectivity index (χ1) is 33.8. The predicted molar refractivity (Wildman–Crippen MR) is 264 cm³/mol. The molecule has 4 N–H and O–H groups in total. The fraction of sp³-hybridized carbons (Fsp3) is 0.296. The Kier molecular flexibility index (Phi) is 18.9. The van der Waals surface area contributed by atoms with Gasteiger partial charge in [-0.2, -0.15) is 10.5 Å². The Morgan fingerprint density at radius 3 is 1.61 bits per heavy atom. The zero-order chi connectivity index (χ0) is 50.2. The molecule has 0 aliphatic carbocycles. The highest BCUT2D eigenvalue weighted by Crippen LogP contribution is 2.38. The molecule has 0 bridgehead atoms. The van der Waals surface area contributed by atoms with E-state index in [0.29, 0.717) is 85.7 Å². The summed E-state index contributed by atoms with van der Waals surface area (Å²) in [6, 6.07) is 25.5. The molecule has 0 unspecified atom stereocenters. The summed E-state index contributed by atoms with van der Waals surface area (Å²) in [6.45, 7) is 6.40. The highest BCUT2D eigenvalue weighted by Gasteiger charge is 2.22. The molecule has 0 amide bonds. The molecule has 14 nitrogen and oxygen atoms in total. The number of nitrogens with zero attached hydrogens (tertiary/aromatic N) is 4. The van der Waals surface area contributed by atoms with Gasteiger partial charge in [0.15, 0.2) is 0 Å². The van der Waals surface area contributed by atoms with E-state index in [1.165, 1.54) is 12.4 Å². The Morgan fingerprint density at radius 2 is 1.14 bits per heavy atom. The molecule has 4 aromatic carbocycles. The minimum absolute atomic E-state index is 0.0842. The van der Waals surface area contributed by atoms with Crippen LogP contribution in [0.4, 0.5) is 0 Å². The summed E-state index contributed by atoms with van der Waals surface area (Å²) in [5.74, 6) is -1.12. The second kappa shape index (κ2) is 25.4. The van der Waals surface area contributed by atoms with Gasteiger partial charge in [-0.3, -0.25) is 19.6 Å². The number of aliphatic carboxylic acids is 2. The highest BCUT2D eigenvalue weighted by molar-refractivity contribution is 6.32. The normalized spacial score (nSPS) is 11.8. The summed E-state index contributed by atoms with van der Waals surface area (Å²) in [6.07, 6.45) is 7.94. The van der Waals surface area contributed by atoms with E-state index in [-0.39, 0.29) is 52.4 Å². The maximum atomic E-state index is 11.9.